The molecule has 0 fully saturated rings. The second-order valence-electron chi connectivity index (χ2n) is 3.83. The standard InChI is InChI=1S/C13H13N3O3/c1-19-10-2-3-11(8(4-10)5-14)9-6-15-12(13(17)18)16-7-9/h2-4,6-7H,5,14H2,1H3,(H,17,18). The molecule has 0 unspecified atom stereocenters. The van der Waals surface area contributed by atoms with Crippen LogP contribution in [0.25, 0.3) is 11.1 Å². The third-order valence-corrected chi connectivity index (χ3v) is 2.69. The van der Waals surface area contributed by atoms with E-state index in [0.717, 1.165) is 11.1 Å². The quantitative estimate of drug-likeness (QED) is 0.859. The van der Waals surface area contributed by atoms with E-state index < -0.39 is 5.97 Å². The molecular formula is C13H13N3O3. The maximum Gasteiger partial charge on any atom is 0.373 e. The van der Waals surface area contributed by atoms with Gasteiger partial charge in [0.25, 0.3) is 0 Å². The lowest BCUT2D eigenvalue weighted by molar-refractivity contribution is 0.0683. The highest BCUT2D eigenvalue weighted by Crippen LogP contribution is 2.26. The summed E-state index contributed by atoms with van der Waals surface area (Å²) in [4.78, 5) is 18.3. The molecule has 0 spiro atoms. The molecule has 3 N–H and O–H groups in total. The fraction of sp³-hybridized carbons (Fsp3) is 0.154. The van der Waals surface area contributed by atoms with Gasteiger partial charge in [-0.25, -0.2) is 14.8 Å². The van der Waals surface area contributed by atoms with Gasteiger partial charge in [0.1, 0.15) is 5.75 Å². The lowest BCUT2D eigenvalue weighted by Gasteiger charge is -2.09. The lowest BCUT2D eigenvalue weighted by atomic mass is 10.0. The third-order valence-electron chi connectivity index (χ3n) is 2.69. The summed E-state index contributed by atoms with van der Waals surface area (Å²) >= 11 is 0. The molecule has 1 aromatic carbocycles. The topological polar surface area (TPSA) is 98.3 Å². The Balaban J connectivity index is 2.43. The zero-order valence-corrected chi connectivity index (χ0v) is 10.3. The number of carboxylic acid groups (broad SMARTS) is 1. The molecule has 0 aliphatic heterocycles. The fourth-order valence-corrected chi connectivity index (χ4v) is 1.73. The van der Waals surface area contributed by atoms with Gasteiger partial charge in [0, 0.05) is 24.5 Å². The molecule has 0 radical (unpaired) electrons. The molecule has 0 atom stereocenters. The van der Waals surface area contributed by atoms with Gasteiger partial charge in [-0.3, -0.25) is 0 Å². The molecule has 0 saturated heterocycles. The van der Waals surface area contributed by atoms with E-state index in [1.165, 1.54) is 12.4 Å². The van der Waals surface area contributed by atoms with Crippen molar-refractivity contribution in [2.24, 2.45) is 5.73 Å². The summed E-state index contributed by atoms with van der Waals surface area (Å²) < 4.78 is 5.13. The van der Waals surface area contributed by atoms with Crippen LogP contribution in [-0.2, 0) is 6.54 Å². The number of benzene rings is 1. The minimum atomic E-state index is -1.15. The van der Waals surface area contributed by atoms with Gasteiger partial charge in [0.15, 0.2) is 0 Å². The normalized spacial score (nSPS) is 10.2. The highest BCUT2D eigenvalue weighted by molar-refractivity contribution is 5.83. The van der Waals surface area contributed by atoms with Crippen LogP contribution in [-0.4, -0.2) is 28.2 Å². The van der Waals surface area contributed by atoms with Crippen LogP contribution in [0, 0.1) is 0 Å². The van der Waals surface area contributed by atoms with E-state index in [2.05, 4.69) is 9.97 Å². The Labute approximate surface area is 109 Å². The Bertz CT molecular complexity index is 597. The summed E-state index contributed by atoms with van der Waals surface area (Å²) in [6.45, 7) is 0.340. The summed E-state index contributed by atoms with van der Waals surface area (Å²) in [7, 11) is 1.58. The largest absolute Gasteiger partial charge is 0.497 e. The van der Waals surface area contributed by atoms with Crippen molar-refractivity contribution in [1.82, 2.24) is 9.97 Å². The van der Waals surface area contributed by atoms with Crippen LogP contribution in [0.4, 0.5) is 0 Å². The summed E-state index contributed by atoms with van der Waals surface area (Å²) in [5.41, 5.74) is 8.16. The molecule has 1 aromatic heterocycles. The Morgan fingerprint density at radius 1 is 1.37 bits per heavy atom. The van der Waals surface area contributed by atoms with Crippen molar-refractivity contribution in [3.63, 3.8) is 0 Å². The Hall–Kier alpha value is -2.47. The highest BCUT2D eigenvalue weighted by Gasteiger charge is 2.09. The first-order valence-electron chi connectivity index (χ1n) is 5.58. The van der Waals surface area contributed by atoms with Crippen molar-refractivity contribution in [1.29, 1.82) is 0 Å². The average molecular weight is 259 g/mol. The first-order valence-corrected chi connectivity index (χ1v) is 5.58. The maximum absolute atomic E-state index is 10.7. The summed E-state index contributed by atoms with van der Waals surface area (Å²) in [5, 5.41) is 8.75. The number of hydrogen-bond acceptors (Lipinski definition) is 5. The number of aromatic carboxylic acids is 1. The van der Waals surface area contributed by atoms with Gasteiger partial charge in [-0.15, -0.1) is 0 Å². The summed E-state index contributed by atoms with van der Waals surface area (Å²) in [6, 6.07) is 5.49. The van der Waals surface area contributed by atoms with Gasteiger partial charge in [-0.1, -0.05) is 6.07 Å². The fourth-order valence-electron chi connectivity index (χ4n) is 1.73. The smallest absolute Gasteiger partial charge is 0.373 e. The molecule has 2 aromatic rings. The number of rotatable bonds is 4. The molecule has 2 rings (SSSR count). The predicted molar refractivity (Wildman–Crippen MR) is 68.9 cm³/mol. The van der Waals surface area contributed by atoms with E-state index >= 15 is 0 Å². The third kappa shape index (κ3) is 2.69. The van der Waals surface area contributed by atoms with E-state index in [1.807, 2.05) is 12.1 Å². The highest BCUT2D eigenvalue weighted by atomic mass is 16.5. The lowest BCUT2D eigenvalue weighted by Crippen LogP contribution is -2.04. The number of hydrogen-bond donors (Lipinski definition) is 2. The number of carboxylic acids is 1. The first kappa shape index (κ1) is 13.0. The predicted octanol–water partition coefficient (Wildman–Crippen LogP) is 1.31. The molecule has 0 aliphatic rings. The Kier molecular flexibility index (Phi) is 3.72. The van der Waals surface area contributed by atoms with Gasteiger partial charge in [0.05, 0.1) is 7.11 Å². The number of nitrogens with zero attached hydrogens (tertiary/aromatic N) is 2. The van der Waals surface area contributed by atoms with Gasteiger partial charge in [0.2, 0.25) is 5.82 Å². The van der Waals surface area contributed by atoms with E-state index in [0.29, 0.717) is 17.9 Å². The molecule has 19 heavy (non-hydrogen) atoms. The van der Waals surface area contributed by atoms with Crippen molar-refractivity contribution in [3.8, 4) is 16.9 Å². The van der Waals surface area contributed by atoms with Gasteiger partial charge in [-0.05, 0) is 23.3 Å². The molecule has 0 aliphatic carbocycles. The monoisotopic (exact) mass is 259 g/mol. The second-order valence-corrected chi connectivity index (χ2v) is 3.83. The van der Waals surface area contributed by atoms with Crippen molar-refractivity contribution >= 4 is 5.97 Å². The number of carbonyl (C=O) groups is 1. The summed E-state index contributed by atoms with van der Waals surface area (Å²) in [5.74, 6) is -0.667. The van der Waals surface area contributed by atoms with E-state index in [-0.39, 0.29) is 5.82 Å². The van der Waals surface area contributed by atoms with Gasteiger partial charge in [-0.2, -0.15) is 0 Å². The van der Waals surface area contributed by atoms with Crippen LogP contribution in [0.1, 0.15) is 16.2 Å². The van der Waals surface area contributed by atoms with Crippen LogP contribution in [0.5, 0.6) is 5.75 Å². The number of methoxy groups -OCH3 is 1. The van der Waals surface area contributed by atoms with Crippen LogP contribution >= 0.6 is 0 Å². The molecule has 1 heterocycles. The zero-order valence-electron chi connectivity index (χ0n) is 10.3. The van der Waals surface area contributed by atoms with Crippen molar-refractivity contribution in [2.75, 3.05) is 7.11 Å². The molecule has 0 saturated carbocycles. The van der Waals surface area contributed by atoms with Crippen LogP contribution in [0.15, 0.2) is 30.6 Å². The SMILES string of the molecule is COc1ccc(-c2cnc(C(=O)O)nc2)c(CN)c1. The minimum Gasteiger partial charge on any atom is -0.497 e. The van der Waals surface area contributed by atoms with Crippen LogP contribution in [0.3, 0.4) is 0 Å². The van der Waals surface area contributed by atoms with E-state index in [4.69, 9.17) is 15.6 Å². The van der Waals surface area contributed by atoms with Crippen molar-refractivity contribution < 1.29 is 14.6 Å². The van der Waals surface area contributed by atoms with E-state index in [1.54, 1.807) is 13.2 Å². The van der Waals surface area contributed by atoms with E-state index in [9.17, 15) is 4.79 Å². The molecule has 0 bridgehead atoms. The zero-order chi connectivity index (χ0) is 13.8. The Morgan fingerprint density at radius 3 is 2.58 bits per heavy atom. The van der Waals surface area contributed by atoms with Crippen LogP contribution < -0.4 is 10.5 Å². The molecule has 98 valence electrons. The number of nitrogens with two attached hydrogens (primary N) is 1. The maximum atomic E-state index is 10.7. The molecule has 0 amide bonds. The molecule has 6 nitrogen and oxygen atoms in total. The average Bonchev–Trinajstić information content (AvgIpc) is 2.46. The first-order chi connectivity index (χ1) is 9.15. The van der Waals surface area contributed by atoms with Gasteiger partial charge >= 0.3 is 5.97 Å². The van der Waals surface area contributed by atoms with Crippen LogP contribution in [0.2, 0.25) is 0 Å². The second kappa shape index (κ2) is 5.45. The van der Waals surface area contributed by atoms with Gasteiger partial charge < -0.3 is 15.6 Å². The number of ether oxygens (including phenoxy) is 1. The Morgan fingerprint density at radius 2 is 2.05 bits per heavy atom. The minimum absolute atomic E-state index is 0.230. The molecule has 6 heteroatoms. The number of aromatic nitrogens is 2. The van der Waals surface area contributed by atoms with Crippen molar-refractivity contribution in [3.05, 3.63) is 42.0 Å². The van der Waals surface area contributed by atoms with Crippen molar-refractivity contribution in [2.45, 2.75) is 6.54 Å². The summed E-state index contributed by atoms with van der Waals surface area (Å²) in [6.07, 6.45) is 2.94. The molecular weight excluding hydrogens is 246 g/mol.